The summed E-state index contributed by atoms with van der Waals surface area (Å²) in [5, 5.41) is 3.59. The molecule has 0 unspecified atom stereocenters. The second kappa shape index (κ2) is 8.17. The van der Waals surface area contributed by atoms with Crippen LogP contribution in [-0.2, 0) is 16.1 Å². The topological polar surface area (TPSA) is 71.4 Å². The van der Waals surface area contributed by atoms with E-state index in [0.717, 1.165) is 62.5 Å². The number of para-hydroxylation sites is 1. The number of ketones is 1. The maximum absolute atomic E-state index is 12.8. The zero-order valence-corrected chi connectivity index (χ0v) is 16.2. The molecule has 0 bridgehead atoms. The molecule has 2 aliphatic rings. The van der Waals surface area contributed by atoms with E-state index in [1.807, 2.05) is 33.7 Å². The fourth-order valence-electron chi connectivity index (χ4n) is 4.39. The van der Waals surface area contributed by atoms with Crippen molar-refractivity contribution in [3.8, 4) is 0 Å². The van der Waals surface area contributed by atoms with Gasteiger partial charge in [-0.25, -0.2) is 0 Å². The molecule has 148 valence electrons. The van der Waals surface area contributed by atoms with Crippen LogP contribution >= 0.6 is 0 Å². The van der Waals surface area contributed by atoms with Crippen LogP contribution < -0.4 is 5.32 Å². The van der Waals surface area contributed by atoms with Crippen LogP contribution in [-0.4, -0.2) is 46.2 Å². The Balaban J connectivity index is 1.56. The van der Waals surface area contributed by atoms with Crippen LogP contribution in [0.5, 0.6) is 0 Å². The second-order valence-corrected chi connectivity index (χ2v) is 7.91. The van der Waals surface area contributed by atoms with Crippen LogP contribution in [0.2, 0.25) is 0 Å². The molecule has 2 amide bonds. The van der Waals surface area contributed by atoms with Gasteiger partial charge in [-0.15, -0.1) is 0 Å². The molecule has 1 aliphatic heterocycles. The number of hydrogen-bond donors (Lipinski definition) is 1. The van der Waals surface area contributed by atoms with Gasteiger partial charge in [0.2, 0.25) is 5.91 Å². The van der Waals surface area contributed by atoms with Crippen molar-refractivity contribution in [2.75, 3.05) is 13.1 Å². The first-order chi connectivity index (χ1) is 13.6. The van der Waals surface area contributed by atoms with Crippen molar-refractivity contribution in [3.05, 3.63) is 36.0 Å². The van der Waals surface area contributed by atoms with E-state index in [-0.39, 0.29) is 18.5 Å². The van der Waals surface area contributed by atoms with E-state index in [1.54, 1.807) is 6.20 Å². The highest BCUT2D eigenvalue weighted by Gasteiger charge is 2.26. The van der Waals surface area contributed by atoms with E-state index < -0.39 is 11.7 Å². The minimum absolute atomic E-state index is 0.0647. The molecule has 1 N–H and O–H groups in total. The Labute approximate surface area is 164 Å². The van der Waals surface area contributed by atoms with Crippen LogP contribution in [0.15, 0.2) is 30.5 Å². The number of nitrogens with zero attached hydrogens (tertiary/aromatic N) is 2. The average Bonchev–Trinajstić information content (AvgIpc) is 3.36. The van der Waals surface area contributed by atoms with E-state index in [9.17, 15) is 14.4 Å². The summed E-state index contributed by atoms with van der Waals surface area (Å²) in [6.45, 7) is 1.79. The molecule has 6 heteroatoms. The minimum atomic E-state index is -0.544. The van der Waals surface area contributed by atoms with Crippen LogP contribution in [0.1, 0.15) is 55.3 Å². The number of hydrogen-bond acceptors (Lipinski definition) is 3. The number of piperidine rings is 1. The Morgan fingerprint density at radius 3 is 2.43 bits per heavy atom. The molecule has 1 saturated carbocycles. The summed E-state index contributed by atoms with van der Waals surface area (Å²) < 4.78 is 1.81. The Morgan fingerprint density at radius 2 is 1.68 bits per heavy atom. The van der Waals surface area contributed by atoms with Crippen LogP contribution in [0, 0.1) is 0 Å². The van der Waals surface area contributed by atoms with E-state index in [0.29, 0.717) is 5.56 Å². The molecule has 2 heterocycles. The van der Waals surface area contributed by atoms with Crippen LogP contribution in [0.4, 0.5) is 0 Å². The van der Waals surface area contributed by atoms with Gasteiger partial charge in [0.15, 0.2) is 0 Å². The molecule has 1 aromatic heterocycles. The molecule has 28 heavy (non-hydrogen) atoms. The molecule has 0 atom stereocenters. The molecular weight excluding hydrogens is 354 g/mol. The maximum atomic E-state index is 12.8. The maximum Gasteiger partial charge on any atom is 0.292 e. The fraction of sp³-hybridized carbons (Fsp3) is 0.500. The highest BCUT2D eigenvalue weighted by atomic mass is 16.2. The van der Waals surface area contributed by atoms with Crippen molar-refractivity contribution in [1.82, 2.24) is 14.8 Å². The smallest absolute Gasteiger partial charge is 0.292 e. The summed E-state index contributed by atoms with van der Waals surface area (Å²) in [4.78, 5) is 39.9. The first kappa shape index (κ1) is 18.7. The second-order valence-electron chi connectivity index (χ2n) is 7.91. The largest absolute Gasteiger partial charge is 0.346 e. The summed E-state index contributed by atoms with van der Waals surface area (Å²) in [7, 11) is 0. The lowest BCUT2D eigenvalue weighted by molar-refractivity contribution is -0.132. The van der Waals surface area contributed by atoms with Gasteiger partial charge >= 0.3 is 0 Å². The molecule has 0 radical (unpaired) electrons. The number of carbonyl (C=O) groups excluding carboxylic acids is 3. The van der Waals surface area contributed by atoms with Gasteiger partial charge in [-0.05, 0) is 38.2 Å². The average molecular weight is 381 g/mol. The van der Waals surface area contributed by atoms with Crippen molar-refractivity contribution in [3.63, 3.8) is 0 Å². The summed E-state index contributed by atoms with van der Waals surface area (Å²) in [6, 6.07) is 7.57. The number of benzene rings is 1. The van der Waals surface area contributed by atoms with Gasteiger partial charge in [0, 0.05) is 36.2 Å². The zero-order chi connectivity index (χ0) is 19.5. The van der Waals surface area contributed by atoms with E-state index in [4.69, 9.17) is 0 Å². The number of rotatable bonds is 5. The number of aromatic nitrogens is 1. The lowest BCUT2D eigenvalue weighted by Crippen LogP contribution is -2.38. The number of nitrogens with one attached hydrogen (secondary N) is 1. The lowest BCUT2D eigenvalue weighted by Gasteiger charge is -2.27. The normalized spacial score (nSPS) is 17.8. The highest BCUT2D eigenvalue weighted by molar-refractivity contribution is 6.45. The van der Waals surface area contributed by atoms with Crippen molar-refractivity contribution in [2.24, 2.45) is 0 Å². The van der Waals surface area contributed by atoms with Crippen molar-refractivity contribution in [2.45, 2.75) is 57.5 Å². The summed E-state index contributed by atoms with van der Waals surface area (Å²) >= 11 is 0. The highest BCUT2D eigenvalue weighted by Crippen LogP contribution is 2.23. The molecule has 2 aromatic rings. The number of carbonyl (C=O) groups is 3. The number of amides is 2. The van der Waals surface area contributed by atoms with E-state index >= 15 is 0 Å². The Hall–Kier alpha value is -2.63. The molecule has 0 spiro atoms. The predicted molar refractivity (Wildman–Crippen MR) is 107 cm³/mol. The predicted octanol–water partition coefficient (Wildman–Crippen LogP) is 2.90. The van der Waals surface area contributed by atoms with Gasteiger partial charge in [0.05, 0.1) is 5.56 Å². The molecule has 1 saturated heterocycles. The first-order valence-electron chi connectivity index (χ1n) is 10.3. The molecule has 4 rings (SSSR count). The van der Waals surface area contributed by atoms with E-state index in [1.165, 1.54) is 6.42 Å². The zero-order valence-electron chi connectivity index (χ0n) is 16.2. The third kappa shape index (κ3) is 3.81. The monoisotopic (exact) mass is 381 g/mol. The summed E-state index contributed by atoms with van der Waals surface area (Å²) in [5.74, 6) is -1.00. The van der Waals surface area contributed by atoms with Gasteiger partial charge in [0.1, 0.15) is 6.54 Å². The molecule has 1 aromatic carbocycles. The first-order valence-corrected chi connectivity index (χ1v) is 10.3. The number of likely N-dealkylation sites (tertiary alicyclic amines) is 1. The van der Waals surface area contributed by atoms with Crippen molar-refractivity contribution >= 4 is 28.5 Å². The Morgan fingerprint density at radius 1 is 0.964 bits per heavy atom. The third-order valence-electron chi connectivity index (χ3n) is 5.94. The molecule has 2 fully saturated rings. The number of fused-ring (bicyclic) bond motifs is 1. The Kier molecular flexibility index (Phi) is 5.46. The number of Topliss-reactive ketones (excluding diaryl/α,β-unsaturated/α-hetero) is 1. The van der Waals surface area contributed by atoms with Crippen molar-refractivity contribution in [1.29, 1.82) is 0 Å². The summed E-state index contributed by atoms with van der Waals surface area (Å²) in [5.41, 5.74) is 1.18. The quantitative estimate of drug-likeness (QED) is 0.639. The van der Waals surface area contributed by atoms with Gasteiger partial charge in [-0.2, -0.15) is 0 Å². The fourth-order valence-corrected chi connectivity index (χ4v) is 4.39. The molecular formula is C22H27N3O3. The van der Waals surface area contributed by atoms with Gasteiger partial charge in [0.25, 0.3) is 11.7 Å². The third-order valence-corrected chi connectivity index (χ3v) is 5.94. The summed E-state index contributed by atoms with van der Waals surface area (Å²) in [6.07, 6.45) is 8.99. The minimum Gasteiger partial charge on any atom is -0.346 e. The Bertz CT molecular complexity index is 890. The standard InChI is InChI=1S/C22H27N3O3/c26-20(24-12-6-1-7-13-24)15-25-14-18(17-10-4-5-11-19(17)25)21(27)22(28)23-16-8-2-3-9-16/h4-5,10-11,14,16H,1-3,6-9,12-13,15H2,(H,23,28). The van der Waals surface area contributed by atoms with Gasteiger partial charge in [-0.3, -0.25) is 14.4 Å². The van der Waals surface area contributed by atoms with E-state index in [2.05, 4.69) is 5.32 Å². The molecule has 1 aliphatic carbocycles. The van der Waals surface area contributed by atoms with Gasteiger partial charge < -0.3 is 14.8 Å². The lowest BCUT2D eigenvalue weighted by atomic mass is 10.1. The van der Waals surface area contributed by atoms with Crippen LogP contribution in [0.3, 0.4) is 0 Å². The van der Waals surface area contributed by atoms with Crippen molar-refractivity contribution < 1.29 is 14.4 Å². The van der Waals surface area contributed by atoms with Crippen LogP contribution in [0.25, 0.3) is 10.9 Å². The van der Waals surface area contributed by atoms with Gasteiger partial charge in [-0.1, -0.05) is 31.0 Å². The molecule has 6 nitrogen and oxygen atoms in total. The SMILES string of the molecule is O=C(NC1CCCC1)C(=O)c1cn(CC(=O)N2CCCCC2)c2ccccc12.